The number of para-hydroxylation sites is 3. The fourth-order valence-corrected chi connectivity index (χ4v) is 3.81. The summed E-state index contributed by atoms with van der Waals surface area (Å²) >= 11 is 0. The van der Waals surface area contributed by atoms with E-state index in [0.29, 0.717) is 22.6 Å². The van der Waals surface area contributed by atoms with Crippen molar-refractivity contribution in [3.05, 3.63) is 102 Å². The minimum Gasteiger partial charge on any atom is -0.456 e. The molecular weight excluding hydrogens is 460 g/mol. The zero-order valence-electron chi connectivity index (χ0n) is 19.2. The fourth-order valence-electron chi connectivity index (χ4n) is 3.81. The van der Waals surface area contributed by atoms with E-state index in [2.05, 4.69) is 10.4 Å². The average Bonchev–Trinajstić information content (AvgIpc) is 3.47. The molecule has 0 fully saturated rings. The molecule has 0 aliphatic heterocycles. The molecule has 2 heterocycles. The largest absolute Gasteiger partial charge is 0.456 e. The Bertz CT molecular complexity index is 1570. The van der Waals surface area contributed by atoms with E-state index < -0.39 is 24.2 Å². The lowest BCUT2D eigenvalue weighted by Crippen LogP contribution is -2.23. The van der Waals surface area contributed by atoms with Crippen LogP contribution in [0, 0.1) is 0 Å². The summed E-state index contributed by atoms with van der Waals surface area (Å²) in [6.07, 6.45) is -0.0865. The van der Waals surface area contributed by atoms with Gasteiger partial charge >= 0.3 is 11.7 Å². The maximum Gasteiger partial charge on any atom is 0.419 e. The minimum atomic E-state index is -0.608. The number of aromatic nitrogens is 3. The number of aryl methyl sites for hydroxylation is 1. The Hall–Kier alpha value is -4.92. The van der Waals surface area contributed by atoms with Crippen LogP contribution in [0.15, 0.2) is 100 Å². The lowest BCUT2D eigenvalue weighted by atomic mass is 10.2. The van der Waals surface area contributed by atoms with Gasteiger partial charge in [0.15, 0.2) is 12.2 Å². The van der Waals surface area contributed by atoms with Crippen molar-refractivity contribution in [2.75, 3.05) is 11.9 Å². The van der Waals surface area contributed by atoms with Crippen molar-refractivity contribution in [2.24, 2.45) is 0 Å². The van der Waals surface area contributed by atoms with Crippen molar-refractivity contribution >= 4 is 28.8 Å². The molecule has 1 N–H and O–H groups in total. The summed E-state index contributed by atoms with van der Waals surface area (Å²) < 4.78 is 13.3. The van der Waals surface area contributed by atoms with Crippen LogP contribution in [0.25, 0.3) is 28.0 Å². The summed E-state index contributed by atoms with van der Waals surface area (Å²) in [5.41, 5.74) is 3.39. The van der Waals surface area contributed by atoms with Crippen LogP contribution >= 0.6 is 0 Å². The van der Waals surface area contributed by atoms with Gasteiger partial charge in [-0.1, -0.05) is 60.7 Å². The van der Waals surface area contributed by atoms with Gasteiger partial charge in [0.05, 0.1) is 23.3 Å². The number of fused-ring (bicyclic) bond motifs is 1. The third-order valence-electron chi connectivity index (χ3n) is 5.52. The summed E-state index contributed by atoms with van der Waals surface area (Å²) in [5.74, 6) is -1.22. The Balaban J connectivity index is 1.24. The number of ether oxygens (including phenoxy) is 1. The van der Waals surface area contributed by atoms with Crippen LogP contribution in [0.4, 0.5) is 5.82 Å². The maximum atomic E-state index is 12.6. The standard InChI is InChI=1S/C27H22N4O5/c32-25(18-35-26(33)15-16-30-22-13-7-8-14-23(22)36-27(30)34)28-24-17-21(19-9-3-1-4-10-19)29-31(24)20-11-5-2-6-12-20/h1-14,17H,15-16,18H2,(H,28,32). The number of oxazole rings is 1. The number of carbonyl (C=O) groups excluding carboxylic acids is 2. The molecule has 0 aliphatic carbocycles. The van der Waals surface area contributed by atoms with Crippen LogP contribution in [-0.2, 0) is 20.9 Å². The normalized spacial score (nSPS) is 10.9. The molecule has 3 aromatic carbocycles. The predicted octanol–water partition coefficient (Wildman–Crippen LogP) is 4.02. The highest BCUT2D eigenvalue weighted by molar-refractivity contribution is 5.93. The van der Waals surface area contributed by atoms with Crippen LogP contribution < -0.4 is 11.1 Å². The van der Waals surface area contributed by atoms with E-state index in [-0.39, 0.29) is 13.0 Å². The van der Waals surface area contributed by atoms with Gasteiger partial charge in [-0.3, -0.25) is 14.2 Å². The molecule has 0 unspecified atom stereocenters. The summed E-state index contributed by atoms with van der Waals surface area (Å²) in [5, 5.41) is 7.41. The summed E-state index contributed by atoms with van der Waals surface area (Å²) in [6.45, 7) is -0.391. The minimum absolute atomic E-state index is 0.0809. The van der Waals surface area contributed by atoms with Crippen LogP contribution in [0.1, 0.15) is 6.42 Å². The number of nitrogens with zero attached hydrogens (tertiary/aromatic N) is 3. The first-order valence-corrected chi connectivity index (χ1v) is 11.3. The van der Waals surface area contributed by atoms with E-state index in [1.54, 1.807) is 35.0 Å². The molecule has 0 atom stereocenters. The zero-order chi connectivity index (χ0) is 24.9. The molecule has 0 aliphatic rings. The monoisotopic (exact) mass is 482 g/mol. The van der Waals surface area contributed by atoms with E-state index in [1.807, 2.05) is 60.7 Å². The molecule has 0 saturated heterocycles. The van der Waals surface area contributed by atoms with Gasteiger partial charge in [-0.2, -0.15) is 5.10 Å². The molecule has 180 valence electrons. The van der Waals surface area contributed by atoms with Crippen molar-refractivity contribution in [3.8, 4) is 16.9 Å². The van der Waals surface area contributed by atoms with Gasteiger partial charge in [0.25, 0.3) is 5.91 Å². The molecule has 9 heteroatoms. The number of anilines is 1. The molecule has 0 spiro atoms. The van der Waals surface area contributed by atoms with Gasteiger partial charge in [-0.25, -0.2) is 9.48 Å². The smallest absolute Gasteiger partial charge is 0.419 e. The summed E-state index contributed by atoms with van der Waals surface area (Å²) in [6, 6.07) is 27.7. The Labute approximate surface area is 205 Å². The SMILES string of the molecule is O=C(COC(=O)CCn1c(=O)oc2ccccc21)Nc1cc(-c2ccccc2)nn1-c1ccccc1. The van der Waals surface area contributed by atoms with E-state index in [4.69, 9.17) is 9.15 Å². The van der Waals surface area contributed by atoms with Gasteiger partial charge in [0, 0.05) is 18.2 Å². The van der Waals surface area contributed by atoms with Gasteiger partial charge in [0.2, 0.25) is 0 Å². The first-order valence-electron chi connectivity index (χ1n) is 11.3. The van der Waals surface area contributed by atoms with Crippen molar-refractivity contribution in [2.45, 2.75) is 13.0 Å². The molecule has 36 heavy (non-hydrogen) atoms. The van der Waals surface area contributed by atoms with Crippen molar-refractivity contribution in [1.29, 1.82) is 0 Å². The fraction of sp³-hybridized carbons (Fsp3) is 0.111. The number of hydrogen-bond acceptors (Lipinski definition) is 6. The first-order chi connectivity index (χ1) is 17.6. The van der Waals surface area contributed by atoms with E-state index in [1.165, 1.54) is 4.57 Å². The Morgan fingerprint density at radius 2 is 1.61 bits per heavy atom. The number of esters is 1. The highest BCUT2D eigenvalue weighted by atomic mass is 16.5. The lowest BCUT2D eigenvalue weighted by Gasteiger charge is -2.09. The average molecular weight is 482 g/mol. The third kappa shape index (κ3) is 4.95. The van der Waals surface area contributed by atoms with Crippen LogP contribution in [0.3, 0.4) is 0 Å². The molecule has 0 bridgehead atoms. The van der Waals surface area contributed by atoms with Gasteiger partial charge in [-0.15, -0.1) is 0 Å². The van der Waals surface area contributed by atoms with Crippen LogP contribution in [0.5, 0.6) is 0 Å². The van der Waals surface area contributed by atoms with Gasteiger partial charge in [0.1, 0.15) is 5.82 Å². The van der Waals surface area contributed by atoms with E-state index in [0.717, 1.165) is 11.3 Å². The molecule has 0 radical (unpaired) electrons. The number of rotatable bonds is 8. The molecule has 5 rings (SSSR count). The van der Waals surface area contributed by atoms with Crippen molar-refractivity contribution < 1.29 is 18.7 Å². The lowest BCUT2D eigenvalue weighted by molar-refractivity contribution is -0.147. The first kappa shape index (κ1) is 22.9. The summed E-state index contributed by atoms with van der Waals surface area (Å²) in [4.78, 5) is 36.9. The predicted molar refractivity (Wildman–Crippen MR) is 134 cm³/mol. The summed E-state index contributed by atoms with van der Waals surface area (Å²) in [7, 11) is 0. The maximum absolute atomic E-state index is 12.6. The quantitative estimate of drug-likeness (QED) is 0.335. The molecule has 2 aromatic heterocycles. The molecule has 5 aromatic rings. The Kier molecular flexibility index (Phi) is 6.44. The number of nitrogens with one attached hydrogen (secondary N) is 1. The second-order valence-electron chi connectivity index (χ2n) is 7.97. The molecule has 1 amide bonds. The number of benzene rings is 3. The molecule has 9 nitrogen and oxygen atoms in total. The molecule has 0 saturated carbocycles. The highest BCUT2D eigenvalue weighted by Crippen LogP contribution is 2.24. The third-order valence-corrected chi connectivity index (χ3v) is 5.52. The van der Waals surface area contributed by atoms with E-state index >= 15 is 0 Å². The van der Waals surface area contributed by atoms with Crippen molar-refractivity contribution in [1.82, 2.24) is 14.3 Å². The zero-order valence-corrected chi connectivity index (χ0v) is 19.2. The Morgan fingerprint density at radius 3 is 2.39 bits per heavy atom. The number of hydrogen-bond donors (Lipinski definition) is 1. The van der Waals surface area contributed by atoms with Crippen LogP contribution in [-0.4, -0.2) is 32.8 Å². The van der Waals surface area contributed by atoms with Gasteiger partial charge in [-0.05, 0) is 24.3 Å². The second kappa shape index (κ2) is 10.1. The molecular formula is C27H22N4O5. The second-order valence-corrected chi connectivity index (χ2v) is 7.97. The number of amides is 1. The van der Waals surface area contributed by atoms with Gasteiger partial charge < -0.3 is 14.5 Å². The van der Waals surface area contributed by atoms with E-state index in [9.17, 15) is 14.4 Å². The van der Waals surface area contributed by atoms with Crippen LogP contribution in [0.2, 0.25) is 0 Å². The topological polar surface area (TPSA) is 108 Å². The Morgan fingerprint density at radius 1 is 0.917 bits per heavy atom. The number of carbonyl (C=O) groups is 2. The van der Waals surface area contributed by atoms with Crippen molar-refractivity contribution in [3.63, 3.8) is 0 Å². The highest BCUT2D eigenvalue weighted by Gasteiger charge is 2.16.